The summed E-state index contributed by atoms with van der Waals surface area (Å²) in [5.74, 6) is -0.0462. The van der Waals surface area contributed by atoms with Crippen molar-refractivity contribution in [1.82, 2.24) is 0 Å². The Hall–Kier alpha value is -0.810. The number of ether oxygens (including phenoxy) is 1. The summed E-state index contributed by atoms with van der Waals surface area (Å²) in [5, 5.41) is 3.56. The Balaban J connectivity index is 0.00000176. The highest BCUT2D eigenvalue weighted by atomic mass is 35.5. The second-order valence-electron chi connectivity index (χ2n) is 6.59. The average molecular weight is 345 g/mol. The van der Waals surface area contributed by atoms with Crippen LogP contribution in [0.15, 0.2) is 24.3 Å². The maximum atomic E-state index is 12.7. The maximum Gasteiger partial charge on any atom is 0.245 e. The van der Waals surface area contributed by atoms with Crippen LogP contribution in [-0.4, -0.2) is 24.2 Å². The highest BCUT2D eigenvalue weighted by Gasteiger charge is 2.70. The number of anilines is 1. The van der Waals surface area contributed by atoms with Gasteiger partial charge in [0.15, 0.2) is 0 Å². The Bertz CT molecular complexity index is 562. The van der Waals surface area contributed by atoms with Gasteiger partial charge in [-0.25, -0.2) is 0 Å². The van der Waals surface area contributed by atoms with Crippen molar-refractivity contribution in [3.63, 3.8) is 0 Å². The first kappa shape index (κ1) is 17.5. The van der Waals surface area contributed by atoms with Crippen LogP contribution in [-0.2, 0) is 9.53 Å². The standard InChI is InChI=1S/C16H21ClN2O2.ClH/c1-15(2)13-12(4-3-9-21-13)16(15,18)14(20)19-11-7-5-10(17)6-8-11;/h5-8,12-13H,3-4,9,18H2,1-2H3,(H,19,20);1H. The minimum absolute atomic E-state index is 0. The van der Waals surface area contributed by atoms with Crippen molar-refractivity contribution in [2.24, 2.45) is 17.1 Å². The van der Waals surface area contributed by atoms with E-state index in [1.807, 2.05) is 13.8 Å². The highest BCUT2D eigenvalue weighted by molar-refractivity contribution is 6.30. The van der Waals surface area contributed by atoms with Crippen molar-refractivity contribution in [3.8, 4) is 0 Å². The van der Waals surface area contributed by atoms with E-state index in [0.29, 0.717) is 10.7 Å². The molecule has 1 saturated heterocycles. The lowest BCUT2D eigenvalue weighted by Crippen LogP contribution is -2.81. The molecule has 1 saturated carbocycles. The minimum atomic E-state index is -0.891. The molecule has 6 heteroatoms. The van der Waals surface area contributed by atoms with Crippen molar-refractivity contribution >= 4 is 35.6 Å². The first-order chi connectivity index (χ1) is 9.87. The smallest absolute Gasteiger partial charge is 0.245 e. The number of carbonyl (C=O) groups excluding carboxylic acids is 1. The van der Waals surface area contributed by atoms with Crippen LogP contribution in [0.4, 0.5) is 5.69 Å². The van der Waals surface area contributed by atoms with Crippen LogP contribution in [0.25, 0.3) is 0 Å². The third-order valence-corrected chi connectivity index (χ3v) is 5.41. The first-order valence-electron chi connectivity index (χ1n) is 7.35. The largest absolute Gasteiger partial charge is 0.377 e. The van der Waals surface area contributed by atoms with Gasteiger partial charge < -0.3 is 15.8 Å². The molecule has 0 aromatic heterocycles. The molecule has 0 bridgehead atoms. The van der Waals surface area contributed by atoms with Crippen molar-refractivity contribution in [1.29, 1.82) is 0 Å². The van der Waals surface area contributed by atoms with Gasteiger partial charge >= 0.3 is 0 Å². The van der Waals surface area contributed by atoms with Gasteiger partial charge in [-0.3, -0.25) is 4.79 Å². The molecule has 0 radical (unpaired) electrons. The van der Waals surface area contributed by atoms with Crippen LogP contribution >= 0.6 is 24.0 Å². The molecule has 1 aromatic carbocycles. The van der Waals surface area contributed by atoms with Gasteiger partial charge in [-0.1, -0.05) is 25.4 Å². The molecule has 0 spiro atoms. The average Bonchev–Trinajstić information content (AvgIpc) is 2.48. The Kier molecular flexibility index (Phi) is 4.79. The monoisotopic (exact) mass is 344 g/mol. The second-order valence-corrected chi connectivity index (χ2v) is 7.03. The fourth-order valence-corrected chi connectivity index (χ4v) is 3.93. The van der Waals surface area contributed by atoms with E-state index in [4.69, 9.17) is 22.1 Å². The van der Waals surface area contributed by atoms with Gasteiger partial charge in [0.1, 0.15) is 5.54 Å². The Morgan fingerprint density at radius 2 is 2.00 bits per heavy atom. The molecule has 2 aliphatic rings. The van der Waals surface area contributed by atoms with Crippen molar-refractivity contribution in [2.45, 2.75) is 38.3 Å². The number of carbonyl (C=O) groups is 1. The quantitative estimate of drug-likeness (QED) is 0.865. The molecule has 1 heterocycles. The lowest BCUT2D eigenvalue weighted by molar-refractivity contribution is -0.222. The van der Waals surface area contributed by atoms with E-state index in [1.54, 1.807) is 24.3 Å². The lowest BCUT2D eigenvalue weighted by Gasteiger charge is -2.65. The van der Waals surface area contributed by atoms with Crippen LogP contribution in [0.3, 0.4) is 0 Å². The number of nitrogens with one attached hydrogen (secondary N) is 1. The summed E-state index contributed by atoms with van der Waals surface area (Å²) in [4.78, 5) is 12.7. The molecule has 3 unspecified atom stereocenters. The van der Waals surface area contributed by atoms with Crippen LogP contribution in [0.1, 0.15) is 26.7 Å². The van der Waals surface area contributed by atoms with Gasteiger partial charge in [0.05, 0.1) is 6.10 Å². The van der Waals surface area contributed by atoms with Crippen LogP contribution in [0, 0.1) is 11.3 Å². The van der Waals surface area contributed by atoms with Gasteiger partial charge in [-0.2, -0.15) is 0 Å². The van der Waals surface area contributed by atoms with E-state index < -0.39 is 5.54 Å². The number of amides is 1. The number of nitrogens with two attached hydrogens (primary N) is 1. The molecule has 1 amide bonds. The van der Waals surface area contributed by atoms with Gasteiger partial charge in [0, 0.05) is 28.6 Å². The van der Waals surface area contributed by atoms with Gasteiger partial charge in [0.25, 0.3) is 0 Å². The van der Waals surface area contributed by atoms with E-state index in [9.17, 15) is 4.79 Å². The molecule has 1 aliphatic carbocycles. The SMILES string of the molecule is CC1(C)C2OCCCC2C1(N)C(=O)Nc1ccc(Cl)cc1.Cl. The Labute approximate surface area is 142 Å². The molecular weight excluding hydrogens is 323 g/mol. The number of fused-ring (bicyclic) bond motifs is 1. The zero-order chi connectivity index (χ0) is 15.3. The number of rotatable bonds is 2. The second kappa shape index (κ2) is 6.00. The number of hydrogen-bond acceptors (Lipinski definition) is 3. The fraction of sp³-hybridized carbons (Fsp3) is 0.562. The van der Waals surface area contributed by atoms with Gasteiger partial charge in [-0.15, -0.1) is 12.4 Å². The van der Waals surface area contributed by atoms with E-state index in [-0.39, 0.29) is 35.8 Å². The molecule has 3 N–H and O–H groups in total. The normalized spacial score (nSPS) is 32.2. The summed E-state index contributed by atoms with van der Waals surface area (Å²) in [6, 6.07) is 7.06. The van der Waals surface area contributed by atoms with Gasteiger partial charge in [-0.05, 0) is 37.1 Å². The molecule has 2 fully saturated rings. The van der Waals surface area contributed by atoms with E-state index in [2.05, 4.69) is 5.32 Å². The van der Waals surface area contributed by atoms with Gasteiger partial charge in [0.2, 0.25) is 5.91 Å². The molecule has 1 aromatic rings. The number of halogens is 2. The van der Waals surface area contributed by atoms with Crippen LogP contribution in [0.2, 0.25) is 5.02 Å². The molecular formula is C16H22Cl2N2O2. The first-order valence-corrected chi connectivity index (χ1v) is 7.72. The molecule has 3 rings (SSSR count). The third-order valence-electron chi connectivity index (χ3n) is 5.16. The zero-order valence-electron chi connectivity index (χ0n) is 12.8. The molecule has 3 atom stereocenters. The topological polar surface area (TPSA) is 64.3 Å². The van der Waals surface area contributed by atoms with E-state index in [0.717, 1.165) is 19.4 Å². The predicted molar refractivity (Wildman–Crippen MR) is 90.5 cm³/mol. The minimum Gasteiger partial charge on any atom is -0.377 e. The number of hydrogen-bond donors (Lipinski definition) is 2. The van der Waals surface area contributed by atoms with Crippen LogP contribution in [0.5, 0.6) is 0 Å². The van der Waals surface area contributed by atoms with Crippen molar-refractivity contribution in [2.75, 3.05) is 11.9 Å². The summed E-state index contributed by atoms with van der Waals surface area (Å²) in [7, 11) is 0. The van der Waals surface area contributed by atoms with Crippen molar-refractivity contribution < 1.29 is 9.53 Å². The lowest BCUT2D eigenvalue weighted by atomic mass is 9.46. The van der Waals surface area contributed by atoms with E-state index in [1.165, 1.54) is 0 Å². The summed E-state index contributed by atoms with van der Waals surface area (Å²) in [6.45, 7) is 4.79. The Morgan fingerprint density at radius 3 is 2.64 bits per heavy atom. The zero-order valence-corrected chi connectivity index (χ0v) is 14.3. The van der Waals surface area contributed by atoms with E-state index >= 15 is 0 Å². The van der Waals surface area contributed by atoms with Crippen molar-refractivity contribution in [3.05, 3.63) is 29.3 Å². The summed E-state index contributed by atoms with van der Waals surface area (Å²) in [5.41, 5.74) is 5.99. The highest BCUT2D eigenvalue weighted by Crippen LogP contribution is 2.57. The Morgan fingerprint density at radius 1 is 1.36 bits per heavy atom. The third kappa shape index (κ3) is 2.42. The summed E-state index contributed by atoms with van der Waals surface area (Å²) >= 11 is 5.86. The molecule has 4 nitrogen and oxygen atoms in total. The predicted octanol–water partition coefficient (Wildman–Crippen LogP) is 3.23. The maximum absolute atomic E-state index is 12.7. The molecule has 1 aliphatic heterocycles. The number of benzene rings is 1. The fourth-order valence-electron chi connectivity index (χ4n) is 3.80. The van der Waals surface area contributed by atoms with Crippen LogP contribution < -0.4 is 11.1 Å². The molecule has 122 valence electrons. The summed E-state index contributed by atoms with van der Waals surface area (Å²) < 4.78 is 5.83. The summed E-state index contributed by atoms with van der Waals surface area (Å²) in [6.07, 6.45) is 1.98. The molecule has 22 heavy (non-hydrogen) atoms.